The third kappa shape index (κ3) is 5.22. The van der Waals surface area contributed by atoms with Crippen molar-refractivity contribution in [1.29, 1.82) is 0 Å². The van der Waals surface area contributed by atoms with Crippen LogP contribution in [0.4, 0.5) is 17.6 Å². The molecule has 194 valence electrons. The number of nitrogens with one attached hydrogen (secondary N) is 1. The van der Waals surface area contributed by atoms with Gasteiger partial charge in [-0.1, -0.05) is 12.1 Å². The van der Waals surface area contributed by atoms with Crippen LogP contribution in [-0.2, 0) is 27.5 Å². The van der Waals surface area contributed by atoms with E-state index < -0.39 is 51.5 Å². The molecule has 2 aliphatic rings. The predicted molar refractivity (Wildman–Crippen MR) is 119 cm³/mol. The molecule has 0 spiro atoms. The Morgan fingerprint density at radius 1 is 1.11 bits per heavy atom. The maximum absolute atomic E-state index is 14.1. The molecule has 2 aromatic carbocycles. The van der Waals surface area contributed by atoms with Crippen molar-refractivity contribution in [3.8, 4) is 0 Å². The first kappa shape index (κ1) is 26.0. The van der Waals surface area contributed by atoms with Gasteiger partial charge in [0.05, 0.1) is 16.6 Å². The van der Waals surface area contributed by atoms with Crippen molar-refractivity contribution in [3.63, 3.8) is 0 Å². The van der Waals surface area contributed by atoms with Gasteiger partial charge in [-0.2, -0.15) is 17.5 Å². The number of nitrogens with zero attached hydrogens (tertiary/aromatic N) is 2. The van der Waals surface area contributed by atoms with Gasteiger partial charge < -0.3 is 15.3 Å². The van der Waals surface area contributed by atoms with Gasteiger partial charge in [-0.05, 0) is 43.2 Å². The summed E-state index contributed by atoms with van der Waals surface area (Å²) in [6.45, 7) is -0.194. The molecule has 0 unspecified atom stereocenters. The average Bonchev–Trinajstić information content (AvgIpc) is 3.30. The summed E-state index contributed by atoms with van der Waals surface area (Å²) in [6.07, 6.45) is -4.61. The van der Waals surface area contributed by atoms with Gasteiger partial charge in [-0.15, -0.1) is 0 Å². The molecular weight excluding hydrogens is 506 g/mol. The lowest BCUT2D eigenvalue weighted by atomic mass is 10.1. The largest absolute Gasteiger partial charge is 0.416 e. The van der Waals surface area contributed by atoms with Crippen LogP contribution in [0.2, 0.25) is 0 Å². The van der Waals surface area contributed by atoms with Crippen LogP contribution in [0.25, 0.3) is 0 Å². The van der Waals surface area contributed by atoms with Crippen molar-refractivity contribution in [2.45, 2.75) is 42.6 Å². The Labute approximate surface area is 204 Å². The second-order valence-electron chi connectivity index (χ2n) is 8.68. The molecule has 36 heavy (non-hydrogen) atoms. The van der Waals surface area contributed by atoms with Crippen LogP contribution in [0, 0.1) is 5.82 Å². The summed E-state index contributed by atoms with van der Waals surface area (Å²) in [5.74, 6) is -2.27. The van der Waals surface area contributed by atoms with Crippen molar-refractivity contribution in [3.05, 3.63) is 65.0 Å². The Kier molecular flexibility index (Phi) is 7.08. The zero-order valence-electron chi connectivity index (χ0n) is 18.8. The highest BCUT2D eigenvalue weighted by atomic mass is 32.2. The number of alkyl halides is 3. The molecule has 4 rings (SSSR count). The SMILES string of the molecule is O=C(NCc1ccc(C(F)(F)F)cc1F)[C@H]1CCCN1C(=O)c1cccc(S(=O)(=O)N2CC(O)C2)c1. The Hall–Kier alpha value is -3.03. The van der Waals surface area contributed by atoms with Gasteiger partial charge in [0.1, 0.15) is 11.9 Å². The van der Waals surface area contributed by atoms with Crippen LogP contribution in [0.15, 0.2) is 47.4 Å². The molecular formula is C23H23F4N3O5S. The summed E-state index contributed by atoms with van der Waals surface area (Å²) in [5.41, 5.74) is -1.22. The molecule has 0 radical (unpaired) electrons. The van der Waals surface area contributed by atoms with Crippen molar-refractivity contribution in [2.75, 3.05) is 19.6 Å². The number of sulfonamides is 1. The van der Waals surface area contributed by atoms with E-state index in [9.17, 15) is 40.7 Å². The Morgan fingerprint density at radius 3 is 2.47 bits per heavy atom. The molecule has 2 aromatic rings. The number of aliphatic hydroxyl groups excluding tert-OH is 1. The topological polar surface area (TPSA) is 107 Å². The third-order valence-corrected chi connectivity index (χ3v) is 8.02. The highest BCUT2D eigenvalue weighted by Crippen LogP contribution is 2.30. The molecule has 2 fully saturated rings. The van der Waals surface area contributed by atoms with Crippen molar-refractivity contribution >= 4 is 21.8 Å². The van der Waals surface area contributed by atoms with Crippen molar-refractivity contribution < 1.29 is 40.7 Å². The van der Waals surface area contributed by atoms with E-state index in [-0.39, 0.29) is 42.2 Å². The summed E-state index contributed by atoms with van der Waals surface area (Å²) < 4.78 is 78.7. The molecule has 2 amide bonds. The number of rotatable bonds is 6. The van der Waals surface area contributed by atoms with Crippen LogP contribution < -0.4 is 5.32 Å². The zero-order valence-corrected chi connectivity index (χ0v) is 19.7. The number of aliphatic hydroxyl groups is 1. The van der Waals surface area contributed by atoms with Gasteiger partial charge in [-0.25, -0.2) is 12.8 Å². The van der Waals surface area contributed by atoms with E-state index in [2.05, 4.69) is 5.32 Å². The molecule has 0 bridgehead atoms. The monoisotopic (exact) mass is 529 g/mol. The highest BCUT2D eigenvalue weighted by molar-refractivity contribution is 7.89. The predicted octanol–water partition coefficient (Wildman–Crippen LogP) is 2.13. The fourth-order valence-electron chi connectivity index (χ4n) is 4.17. The van der Waals surface area contributed by atoms with E-state index >= 15 is 0 Å². The second kappa shape index (κ2) is 9.79. The fraction of sp³-hybridized carbons (Fsp3) is 0.391. The normalized spacial score (nSPS) is 19.2. The van der Waals surface area contributed by atoms with E-state index in [1.54, 1.807) is 0 Å². The Morgan fingerprint density at radius 2 is 1.83 bits per heavy atom. The number of β-amino-alcohol motifs (C(OH)–C–C–N with tert-alkyl or cyclic N) is 1. The van der Waals surface area contributed by atoms with Crippen LogP contribution in [0.5, 0.6) is 0 Å². The van der Waals surface area contributed by atoms with E-state index in [1.165, 1.54) is 29.2 Å². The van der Waals surface area contributed by atoms with Gasteiger partial charge in [0.2, 0.25) is 15.9 Å². The maximum atomic E-state index is 14.1. The molecule has 2 N–H and O–H groups in total. The quantitative estimate of drug-likeness (QED) is 0.558. The molecule has 0 aliphatic carbocycles. The highest BCUT2D eigenvalue weighted by Gasteiger charge is 2.38. The van der Waals surface area contributed by atoms with Gasteiger partial charge >= 0.3 is 6.18 Å². The molecule has 2 saturated heterocycles. The minimum absolute atomic E-state index is 0.0333. The molecule has 0 aromatic heterocycles. The summed E-state index contributed by atoms with van der Waals surface area (Å²) >= 11 is 0. The summed E-state index contributed by atoms with van der Waals surface area (Å²) in [7, 11) is -3.88. The zero-order chi connectivity index (χ0) is 26.3. The number of benzene rings is 2. The summed E-state index contributed by atoms with van der Waals surface area (Å²) in [6, 6.07) is 6.51. The number of hydrogen-bond acceptors (Lipinski definition) is 5. The molecule has 13 heteroatoms. The number of amides is 2. The lowest BCUT2D eigenvalue weighted by Crippen LogP contribution is -2.53. The van der Waals surface area contributed by atoms with Crippen LogP contribution in [0.1, 0.15) is 34.3 Å². The van der Waals surface area contributed by atoms with E-state index in [4.69, 9.17) is 0 Å². The minimum Gasteiger partial charge on any atom is -0.390 e. The second-order valence-corrected chi connectivity index (χ2v) is 10.6. The molecule has 2 aliphatic heterocycles. The van der Waals surface area contributed by atoms with Crippen molar-refractivity contribution in [2.24, 2.45) is 0 Å². The first-order chi connectivity index (χ1) is 16.9. The number of likely N-dealkylation sites (tertiary alicyclic amines) is 1. The van der Waals surface area contributed by atoms with Crippen LogP contribution >= 0.6 is 0 Å². The van der Waals surface area contributed by atoms with Crippen LogP contribution in [0.3, 0.4) is 0 Å². The number of carbonyl (C=O) groups excluding carboxylic acids is 2. The van der Waals surface area contributed by atoms with E-state index in [0.29, 0.717) is 18.9 Å². The fourth-order valence-corrected chi connectivity index (χ4v) is 5.73. The Balaban J connectivity index is 1.44. The van der Waals surface area contributed by atoms with Gasteiger partial charge in [0.25, 0.3) is 5.91 Å². The summed E-state index contributed by atoms with van der Waals surface area (Å²) in [4.78, 5) is 27.1. The standard InChI is InChI=1S/C23H23F4N3O5S/c24-19-10-16(23(25,26)27)7-6-15(19)11-28-21(32)20-5-2-8-30(20)22(33)14-3-1-4-18(9-14)36(34,35)29-12-17(31)13-29/h1,3-4,6-7,9-10,17,20,31H,2,5,8,11-13H2,(H,28,32)/t20-/m1/s1. The van der Waals surface area contributed by atoms with E-state index in [1.807, 2.05) is 0 Å². The average molecular weight is 530 g/mol. The molecule has 8 nitrogen and oxygen atoms in total. The number of carbonyl (C=O) groups is 2. The smallest absolute Gasteiger partial charge is 0.390 e. The first-order valence-corrected chi connectivity index (χ1v) is 12.5. The van der Waals surface area contributed by atoms with E-state index in [0.717, 1.165) is 16.4 Å². The van der Waals surface area contributed by atoms with Gasteiger partial charge in [-0.3, -0.25) is 9.59 Å². The minimum atomic E-state index is -4.69. The van der Waals surface area contributed by atoms with Gasteiger partial charge in [0, 0.05) is 37.3 Å². The molecule has 0 saturated carbocycles. The lowest BCUT2D eigenvalue weighted by molar-refractivity contribution is -0.137. The van der Waals surface area contributed by atoms with Crippen LogP contribution in [-0.4, -0.2) is 66.3 Å². The molecule has 2 heterocycles. The van der Waals surface area contributed by atoms with Crippen molar-refractivity contribution in [1.82, 2.24) is 14.5 Å². The lowest BCUT2D eigenvalue weighted by Gasteiger charge is -2.34. The number of halogens is 4. The maximum Gasteiger partial charge on any atom is 0.416 e. The summed E-state index contributed by atoms with van der Waals surface area (Å²) in [5, 5.41) is 11.9. The Bertz CT molecular complexity index is 1280. The third-order valence-electron chi connectivity index (χ3n) is 6.20. The number of hydrogen-bond donors (Lipinski definition) is 2. The van der Waals surface area contributed by atoms with Gasteiger partial charge in [0.15, 0.2) is 0 Å². The first-order valence-electron chi connectivity index (χ1n) is 11.1. The molecule has 1 atom stereocenters.